The van der Waals surface area contributed by atoms with Gasteiger partial charge in [0.2, 0.25) is 5.91 Å². The second kappa shape index (κ2) is 9.06. The Labute approximate surface area is 152 Å². The van der Waals surface area contributed by atoms with E-state index >= 15 is 0 Å². The molecule has 5 nitrogen and oxygen atoms in total. The van der Waals surface area contributed by atoms with Gasteiger partial charge in [0, 0.05) is 37.1 Å². The van der Waals surface area contributed by atoms with Crippen LogP contribution in [0.15, 0.2) is 28.7 Å². The van der Waals surface area contributed by atoms with E-state index in [-0.39, 0.29) is 17.9 Å². The highest BCUT2D eigenvalue weighted by atomic mass is 79.9. The molecule has 0 aliphatic carbocycles. The van der Waals surface area contributed by atoms with Crippen LogP contribution in [0.25, 0.3) is 0 Å². The zero-order valence-corrected chi connectivity index (χ0v) is 16.0. The molecule has 2 rings (SSSR count). The van der Waals surface area contributed by atoms with Gasteiger partial charge in [-0.15, -0.1) is 0 Å². The molecule has 1 aromatic rings. The summed E-state index contributed by atoms with van der Waals surface area (Å²) in [6, 6.07) is 7.45. The molecule has 1 N–H and O–H groups in total. The summed E-state index contributed by atoms with van der Waals surface area (Å²) in [4.78, 5) is 28.4. The Morgan fingerprint density at radius 2 is 1.96 bits per heavy atom. The Hall–Kier alpha value is -1.56. The van der Waals surface area contributed by atoms with Crippen LogP contribution in [0, 0.1) is 5.92 Å². The van der Waals surface area contributed by atoms with Gasteiger partial charge < -0.3 is 15.1 Å². The average Bonchev–Trinajstić information content (AvgIpc) is 2.61. The van der Waals surface area contributed by atoms with E-state index in [4.69, 9.17) is 0 Å². The van der Waals surface area contributed by atoms with Crippen molar-refractivity contribution in [3.63, 3.8) is 0 Å². The number of benzene rings is 1. The summed E-state index contributed by atoms with van der Waals surface area (Å²) in [6.07, 6.45) is 3.60. The first kappa shape index (κ1) is 18.8. The smallest absolute Gasteiger partial charge is 0.321 e. The Bertz CT molecular complexity index is 571. The molecule has 0 unspecified atom stereocenters. The minimum Gasteiger partial charge on any atom is -0.346 e. The van der Waals surface area contributed by atoms with Crippen LogP contribution in [0.3, 0.4) is 0 Å². The predicted octanol–water partition coefficient (Wildman–Crippen LogP) is 3.95. The fourth-order valence-corrected chi connectivity index (χ4v) is 3.29. The third-order valence-electron chi connectivity index (χ3n) is 4.47. The van der Waals surface area contributed by atoms with Crippen molar-refractivity contribution < 1.29 is 9.59 Å². The van der Waals surface area contributed by atoms with Gasteiger partial charge in [0.1, 0.15) is 0 Å². The summed E-state index contributed by atoms with van der Waals surface area (Å²) in [5.74, 6) is 0.258. The first-order chi connectivity index (χ1) is 11.5. The molecule has 0 saturated carbocycles. The summed E-state index contributed by atoms with van der Waals surface area (Å²) in [7, 11) is 1.88. The quantitative estimate of drug-likeness (QED) is 0.820. The number of amides is 3. The number of nitrogens with zero attached hydrogens (tertiary/aromatic N) is 2. The van der Waals surface area contributed by atoms with Crippen molar-refractivity contribution in [3.05, 3.63) is 28.7 Å². The molecular weight excluding hydrogens is 370 g/mol. The minimum absolute atomic E-state index is 0.0411. The number of unbranched alkanes of at least 4 members (excludes halogenated alkanes) is 1. The minimum atomic E-state index is -0.105. The van der Waals surface area contributed by atoms with Crippen molar-refractivity contribution in [1.82, 2.24) is 9.80 Å². The van der Waals surface area contributed by atoms with Crippen LogP contribution in [0.1, 0.15) is 32.6 Å². The average molecular weight is 396 g/mol. The fourth-order valence-electron chi connectivity index (χ4n) is 2.90. The lowest BCUT2D eigenvalue weighted by molar-refractivity contribution is -0.135. The number of piperidine rings is 1. The Kier molecular flexibility index (Phi) is 7.09. The number of carbonyl (C=O) groups excluding carboxylic acids is 2. The number of carbonyl (C=O) groups is 2. The monoisotopic (exact) mass is 395 g/mol. The Morgan fingerprint density at radius 3 is 2.58 bits per heavy atom. The summed E-state index contributed by atoms with van der Waals surface area (Å²) in [5, 5.41) is 2.92. The molecule has 6 heteroatoms. The number of likely N-dealkylation sites (tertiary alicyclic amines) is 1. The Morgan fingerprint density at radius 1 is 1.29 bits per heavy atom. The van der Waals surface area contributed by atoms with E-state index < -0.39 is 0 Å². The zero-order valence-electron chi connectivity index (χ0n) is 14.4. The van der Waals surface area contributed by atoms with E-state index in [2.05, 4.69) is 28.2 Å². The zero-order chi connectivity index (χ0) is 17.5. The van der Waals surface area contributed by atoms with Gasteiger partial charge in [0.25, 0.3) is 0 Å². The van der Waals surface area contributed by atoms with E-state index in [0.29, 0.717) is 13.1 Å². The third-order valence-corrected chi connectivity index (χ3v) is 5.16. The van der Waals surface area contributed by atoms with Crippen molar-refractivity contribution in [2.24, 2.45) is 5.92 Å². The van der Waals surface area contributed by atoms with Crippen molar-refractivity contribution in [2.75, 3.05) is 32.0 Å². The molecule has 1 aliphatic rings. The van der Waals surface area contributed by atoms with Gasteiger partial charge in [-0.3, -0.25) is 4.79 Å². The SMILES string of the molecule is CCCCN(C)C(=O)C1CCN(C(=O)Nc2ccccc2Br)CC1. The number of nitrogens with one attached hydrogen (secondary N) is 1. The number of halogens is 1. The predicted molar refractivity (Wildman–Crippen MR) is 100 cm³/mol. The van der Waals surface area contributed by atoms with Gasteiger partial charge in [0.05, 0.1) is 5.69 Å². The highest BCUT2D eigenvalue weighted by Gasteiger charge is 2.29. The summed E-state index contributed by atoms with van der Waals surface area (Å²) in [6.45, 7) is 4.18. The number of anilines is 1. The van der Waals surface area contributed by atoms with Crippen LogP contribution in [-0.4, -0.2) is 48.4 Å². The number of para-hydroxylation sites is 1. The topological polar surface area (TPSA) is 52.7 Å². The highest BCUT2D eigenvalue weighted by molar-refractivity contribution is 9.10. The van der Waals surface area contributed by atoms with Crippen molar-refractivity contribution >= 4 is 33.6 Å². The van der Waals surface area contributed by atoms with E-state index in [1.807, 2.05) is 36.2 Å². The molecule has 1 heterocycles. The van der Waals surface area contributed by atoms with Crippen LogP contribution in [0.2, 0.25) is 0 Å². The first-order valence-electron chi connectivity index (χ1n) is 8.58. The lowest BCUT2D eigenvalue weighted by atomic mass is 9.95. The van der Waals surface area contributed by atoms with Gasteiger partial charge in [-0.25, -0.2) is 4.79 Å². The van der Waals surface area contributed by atoms with Crippen LogP contribution < -0.4 is 5.32 Å². The molecule has 0 atom stereocenters. The summed E-state index contributed by atoms with van der Waals surface area (Å²) in [5.41, 5.74) is 0.764. The molecule has 1 aliphatic heterocycles. The molecule has 132 valence electrons. The molecule has 0 aromatic heterocycles. The number of urea groups is 1. The molecule has 24 heavy (non-hydrogen) atoms. The molecule has 1 saturated heterocycles. The van der Waals surface area contributed by atoms with E-state index in [1.165, 1.54) is 0 Å². The summed E-state index contributed by atoms with van der Waals surface area (Å²) < 4.78 is 0.862. The second-order valence-electron chi connectivity index (χ2n) is 6.28. The fraction of sp³-hybridized carbons (Fsp3) is 0.556. The largest absolute Gasteiger partial charge is 0.346 e. The van der Waals surface area contributed by atoms with Gasteiger partial charge in [-0.05, 0) is 47.3 Å². The molecule has 3 amide bonds. The maximum atomic E-state index is 12.4. The van der Waals surface area contributed by atoms with Crippen LogP contribution in [-0.2, 0) is 4.79 Å². The number of hydrogen-bond acceptors (Lipinski definition) is 2. The molecular formula is C18H26BrN3O2. The van der Waals surface area contributed by atoms with Crippen LogP contribution in [0.5, 0.6) is 0 Å². The Balaban J connectivity index is 1.83. The maximum Gasteiger partial charge on any atom is 0.321 e. The molecule has 0 radical (unpaired) electrons. The van der Waals surface area contributed by atoms with Crippen molar-refractivity contribution in [2.45, 2.75) is 32.6 Å². The van der Waals surface area contributed by atoms with Crippen LogP contribution in [0.4, 0.5) is 10.5 Å². The van der Waals surface area contributed by atoms with Gasteiger partial charge >= 0.3 is 6.03 Å². The lowest BCUT2D eigenvalue weighted by Gasteiger charge is -2.33. The molecule has 1 aromatic carbocycles. The molecule has 1 fully saturated rings. The first-order valence-corrected chi connectivity index (χ1v) is 9.37. The standard InChI is InChI=1S/C18H26BrN3O2/c1-3-4-11-21(2)17(23)14-9-12-22(13-10-14)18(24)20-16-8-6-5-7-15(16)19/h5-8,14H,3-4,9-13H2,1-2H3,(H,20,24). The van der Waals surface area contributed by atoms with Crippen LogP contribution >= 0.6 is 15.9 Å². The normalized spacial score (nSPS) is 15.2. The molecule has 0 bridgehead atoms. The number of hydrogen-bond donors (Lipinski definition) is 1. The van der Waals surface area contributed by atoms with Crippen molar-refractivity contribution in [3.8, 4) is 0 Å². The van der Waals surface area contributed by atoms with E-state index in [9.17, 15) is 9.59 Å². The van der Waals surface area contributed by atoms with Gasteiger partial charge in [-0.1, -0.05) is 25.5 Å². The second-order valence-corrected chi connectivity index (χ2v) is 7.14. The molecule has 0 spiro atoms. The van der Waals surface area contributed by atoms with Gasteiger partial charge in [0.15, 0.2) is 0 Å². The lowest BCUT2D eigenvalue weighted by Crippen LogP contribution is -2.45. The van der Waals surface area contributed by atoms with Crippen molar-refractivity contribution in [1.29, 1.82) is 0 Å². The van der Waals surface area contributed by atoms with E-state index in [0.717, 1.165) is 42.4 Å². The maximum absolute atomic E-state index is 12.4. The highest BCUT2D eigenvalue weighted by Crippen LogP contribution is 2.23. The third kappa shape index (κ3) is 4.97. The number of rotatable bonds is 5. The summed E-state index contributed by atoms with van der Waals surface area (Å²) >= 11 is 3.43. The van der Waals surface area contributed by atoms with E-state index in [1.54, 1.807) is 4.90 Å². The van der Waals surface area contributed by atoms with Gasteiger partial charge in [-0.2, -0.15) is 0 Å².